The van der Waals surface area contributed by atoms with E-state index < -0.39 is 0 Å². The molecule has 11 heavy (non-hydrogen) atoms. The molecule has 0 atom stereocenters. The summed E-state index contributed by atoms with van der Waals surface area (Å²) in [5, 5.41) is 0. The maximum Gasteiger partial charge on any atom is 0.0247 e. The summed E-state index contributed by atoms with van der Waals surface area (Å²) in [7, 11) is 0. The molecule has 0 N–H and O–H groups in total. The van der Waals surface area contributed by atoms with Crippen LogP contribution in [0.1, 0.15) is 5.56 Å². The normalized spacial score (nSPS) is 10.3. The Morgan fingerprint density at radius 3 is 2.64 bits per heavy atom. The van der Waals surface area contributed by atoms with Gasteiger partial charge < -0.3 is 0 Å². The van der Waals surface area contributed by atoms with Gasteiger partial charge in [0.25, 0.3) is 0 Å². The Hall–Kier alpha value is -0.820. The highest BCUT2D eigenvalue weighted by atomic mass is 79.9. The molecule has 56 valence electrons. The van der Waals surface area contributed by atoms with E-state index in [2.05, 4.69) is 22.5 Å². The third-order valence-corrected chi connectivity index (χ3v) is 2.04. The fourth-order valence-corrected chi connectivity index (χ4v) is 1.20. The summed E-state index contributed by atoms with van der Waals surface area (Å²) in [5.41, 5.74) is 1.17. The topological polar surface area (TPSA) is 0 Å². The zero-order chi connectivity index (χ0) is 8.10. The minimum atomic E-state index is 1.11. The number of hydrogen-bond acceptors (Lipinski definition) is 0. The number of hydrogen-bond donors (Lipinski definition) is 0. The number of rotatable bonds is 2. The van der Waals surface area contributed by atoms with Crippen LogP contribution in [0.15, 0.2) is 47.5 Å². The van der Waals surface area contributed by atoms with Crippen LogP contribution in [-0.4, -0.2) is 0 Å². The maximum absolute atomic E-state index is 3.60. The van der Waals surface area contributed by atoms with E-state index in [-0.39, 0.29) is 0 Å². The van der Waals surface area contributed by atoms with Crippen LogP contribution in [0.3, 0.4) is 0 Å². The number of benzene rings is 1. The van der Waals surface area contributed by atoms with Crippen molar-refractivity contribution in [3.05, 3.63) is 53.0 Å². The quantitative estimate of drug-likeness (QED) is 0.652. The second-order valence-corrected chi connectivity index (χ2v) is 2.97. The molecule has 1 aromatic carbocycles. The number of allylic oxidation sites excluding steroid dienone is 2. The van der Waals surface area contributed by atoms with Gasteiger partial charge in [-0.05, 0) is 11.6 Å². The van der Waals surface area contributed by atoms with E-state index in [9.17, 15) is 0 Å². The predicted octanol–water partition coefficient (Wildman–Crippen LogP) is 3.65. The lowest BCUT2D eigenvalue weighted by Crippen LogP contribution is -1.71. The first-order valence-electron chi connectivity index (χ1n) is 3.38. The van der Waals surface area contributed by atoms with Gasteiger partial charge in [-0.15, -0.1) is 0 Å². The van der Waals surface area contributed by atoms with Gasteiger partial charge in [0.05, 0.1) is 0 Å². The van der Waals surface area contributed by atoms with Crippen molar-refractivity contribution in [2.45, 2.75) is 0 Å². The van der Waals surface area contributed by atoms with E-state index in [1.807, 2.05) is 36.4 Å². The Morgan fingerprint density at radius 2 is 2.00 bits per heavy atom. The van der Waals surface area contributed by atoms with Crippen LogP contribution >= 0.6 is 15.9 Å². The first-order valence-corrected chi connectivity index (χ1v) is 4.17. The highest BCUT2D eigenvalue weighted by Gasteiger charge is 1.90. The smallest absolute Gasteiger partial charge is 0.0247 e. The molecular weight excluding hydrogens is 200 g/mol. The second-order valence-electron chi connectivity index (χ2n) is 2.12. The van der Waals surface area contributed by atoms with Crippen molar-refractivity contribution in [3.63, 3.8) is 0 Å². The summed E-state index contributed by atoms with van der Waals surface area (Å²) < 4.78 is 1.11. The Labute approximate surface area is 75.4 Å². The van der Waals surface area contributed by atoms with Gasteiger partial charge >= 0.3 is 0 Å². The lowest BCUT2D eigenvalue weighted by Gasteiger charge is -1.94. The fourth-order valence-electron chi connectivity index (χ4n) is 0.782. The standard InChI is InChI=1S/C10H9Br/c1-2-3-6-9-7-4-5-8-10(9)11/h2-8H,1H2. The summed E-state index contributed by atoms with van der Waals surface area (Å²) in [6.07, 6.45) is 5.69. The Bertz CT molecular complexity index is 274. The SMILES string of the molecule is C=CC=Cc1ccccc1Br. The van der Waals surface area contributed by atoms with Gasteiger partial charge in [0, 0.05) is 4.47 Å². The molecule has 0 radical (unpaired) electrons. The average Bonchev–Trinajstić information content (AvgIpc) is 2.03. The first-order chi connectivity index (χ1) is 5.34. The molecule has 0 bridgehead atoms. The van der Waals surface area contributed by atoms with Crippen molar-refractivity contribution < 1.29 is 0 Å². The maximum atomic E-state index is 3.60. The van der Waals surface area contributed by atoms with Crippen LogP contribution in [-0.2, 0) is 0 Å². The third kappa shape index (κ3) is 2.35. The molecule has 0 aliphatic rings. The highest BCUT2D eigenvalue weighted by Crippen LogP contribution is 2.16. The minimum absolute atomic E-state index is 1.11. The molecule has 0 aliphatic heterocycles. The molecule has 0 aliphatic carbocycles. The molecule has 0 saturated heterocycles. The van der Waals surface area contributed by atoms with Gasteiger partial charge in [0.2, 0.25) is 0 Å². The average molecular weight is 209 g/mol. The summed E-state index contributed by atoms with van der Waals surface area (Å²) in [6, 6.07) is 8.07. The summed E-state index contributed by atoms with van der Waals surface area (Å²) in [6.45, 7) is 3.60. The van der Waals surface area contributed by atoms with Gasteiger partial charge in [-0.2, -0.15) is 0 Å². The van der Waals surface area contributed by atoms with Crippen molar-refractivity contribution in [1.29, 1.82) is 0 Å². The Morgan fingerprint density at radius 1 is 1.27 bits per heavy atom. The molecule has 0 aromatic heterocycles. The summed E-state index contributed by atoms with van der Waals surface area (Å²) in [5.74, 6) is 0. The predicted molar refractivity (Wildman–Crippen MR) is 53.4 cm³/mol. The Kier molecular flexibility index (Phi) is 3.12. The van der Waals surface area contributed by atoms with Gasteiger partial charge in [0.1, 0.15) is 0 Å². The fraction of sp³-hybridized carbons (Fsp3) is 0. The molecule has 0 heterocycles. The van der Waals surface area contributed by atoms with Crippen molar-refractivity contribution in [3.8, 4) is 0 Å². The van der Waals surface area contributed by atoms with E-state index in [1.54, 1.807) is 6.08 Å². The van der Waals surface area contributed by atoms with Crippen molar-refractivity contribution in [1.82, 2.24) is 0 Å². The van der Waals surface area contributed by atoms with Crippen LogP contribution in [0, 0.1) is 0 Å². The molecule has 1 aromatic rings. The lowest BCUT2D eigenvalue weighted by molar-refractivity contribution is 1.60. The zero-order valence-corrected chi connectivity index (χ0v) is 7.71. The molecule has 0 spiro atoms. The van der Waals surface area contributed by atoms with Gasteiger partial charge in [-0.1, -0.05) is 58.9 Å². The molecule has 1 rings (SSSR count). The van der Waals surface area contributed by atoms with Crippen molar-refractivity contribution in [2.24, 2.45) is 0 Å². The van der Waals surface area contributed by atoms with E-state index in [0.717, 1.165) is 4.47 Å². The molecular formula is C10H9Br. The Balaban J connectivity index is 2.94. The summed E-state index contributed by atoms with van der Waals surface area (Å²) >= 11 is 3.44. The monoisotopic (exact) mass is 208 g/mol. The molecule has 1 heteroatoms. The minimum Gasteiger partial charge on any atom is -0.0991 e. The molecule has 0 nitrogen and oxygen atoms in total. The lowest BCUT2D eigenvalue weighted by atomic mass is 10.2. The van der Waals surface area contributed by atoms with Crippen LogP contribution in [0.5, 0.6) is 0 Å². The number of halogens is 1. The van der Waals surface area contributed by atoms with Crippen LogP contribution < -0.4 is 0 Å². The van der Waals surface area contributed by atoms with E-state index in [4.69, 9.17) is 0 Å². The largest absolute Gasteiger partial charge is 0.0991 e. The highest BCUT2D eigenvalue weighted by molar-refractivity contribution is 9.10. The van der Waals surface area contributed by atoms with E-state index in [1.165, 1.54) is 5.56 Å². The van der Waals surface area contributed by atoms with Crippen molar-refractivity contribution in [2.75, 3.05) is 0 Å². The van der Waals surface area contributed by atoms with Gasteiger partial charge in [-0.25, -0.2) is 0 Å². The first kappa shape index (κ1) is 8.28. The second kappa shape index (κ2) is 4.14. The van der Waals surface area contributed by atoms with Crippen LogP contribution in [0.25, 0.3) is 6.08 Å². The van der Waals surface area contributed by atoms with Gasteiger partial charge in [-0.3, -0.25) is 0 Å². The van der Waals surface area contributed by atoms with E-state index >= 15 is 0 Å². The molecule has 0 fully saturated rings. The van der Waals surface area contributed by atoms with Crippen molar-refractivity contribution >= 4 is 22.0 Å². The van der Waals surface area contributed by atoms with E-state index in [0.29, 0.717) is 0 Å². The van der Waals surface area contributed by atoms with Crippen LogP contribution in [0.4, 0.5) is 0 Å². The van der Waals surface area contributed by atoms with Gasteiger partial charge in [0.15, 0.2) is 0 Å². The summed E-state index contributed by atoms with van der Waals surface area (Å²) in [4.78, 5) is 0. The molecule has 0 unspecified atom stereocenters. The van der Waals surface area contributed by atoms with Crippen LogP contribution in [0.2, 0.25) is 0 Å². The third-order valence-electron chi connectivity index (χ3n) is 1.32. The zero-order valence-electron chi connectivity index (χ0n) is 6.13. The molecule has 0 amide bonds. The molecule has 0 saturated carbocycles.